The lowest BCUT2D eigenvalue weighted by Crippen LogP contribution is -2.51. The van der Waals surface area contributed by atoms with Crippen LogP contribution in [-0.2, 0) is 0 Å². The van der Waals surface area contributed by atoms with Crippen LogP contribution in [0.25, 0.3) is 0 Å². The number of methoxy groups -OCH3 is 1. The van der Waals surface area contributed by atoms with Gasteiger partial charge in [-0.05, 0) is 23.6 Å². The van der Waals surface area contributed by atoms with Crippen molar-refractivity contribution >= 4 is 29.0 Å². The number of benzene rings is 1. The normalized spacial score (nSPS) is 14.6. The highest BCUT2D eigenvalue weighted by Crippen LogP contribution is 2.23. The molecular weight excluding hydrogens is 364 g/mol. The first-order chi connectivity index (χ1) is 13.2. The summed E-state index contributed by atoms with van der Waals surface area (Å²) in [4.78, 5) is 28.4. The van der Waals surface area contributed by atoms with Crippen molar-refractivity contribution in [2.24, 2.45) is 0 Å². The molecule has 144 valence electrons. The number of hydrogen-bond donors (Lipinski definition) is 2. The van der Waals surface area contributed by atoms with E-state index in [4.69, 9.17) is 4.74 Å². The number of amides is 3. The predicted octanol–water partition coefficient (Wildman–Crippen LogP) is 2.34. The minimum Gasteiger partial charge on any atom is -0.495 e. The lowest BCUT2D eigenvalue weighted by molar-refractivity contribution is 0.0943. The Bertz CT molecular complexity index is 758. The Hall–Kier alpha value is -2.58. The minimum absolute atomic E-state index is 0.0360. The highest BCUT2D eigenvalue weighted by atomic mass is 32.1. The van der Waals surface area contributed by atoms with Gasteiger partial charge in [0.2, 0.25) is 0 Å². The monoisotopic (exact) mass is 388 g/mol. The largest absolute Gasteiger partial charge is 0.495 e. The van der Waals surface area contributed by atoms with E-state index in [1.54, 1.807) is 12.0 Å². The smallest absolute Gasteiger partial charge is 0.322 e. The molecule has 0 atom stereocenters. The number of carbonyl (C=O) groups excluding carboxylic acids is 2. The fourth-order valence-corrected chi connectivity index (χ4v) is 3.58. The number of anilines is 1. The van der Waals surface area contributed by atoms with Crippen LogP contribution in [0.3, 0.4) is 0 Å². The van der Waals surface area contributed by atoms with Crippen molar-refractivity contribution in [2.75, 3.05) is 51.7 Å². The molecule has 2 aromatic rings. The third kappa shape index (κ3) is 5.21. The van der Waals surface area contributed by atoms with Crippen LogP contribution < -0.4 is 15.4 Å². The standard InChI is InChI=1S/C19H24N4O3S/c1-26-17-5-3-2-4-16(17)21-19(25)23-11-9-22(10-12-23)8-7-20-18(24)15-6-13-27-14-15/h2-6,13-14H,7-12H2,1H3,(H,20,24)(H,21,25). The number of hydrogen-bond acceptors (Lipinski definition) is 5. The molecule has 0 unspecified atom stereocenters. The predicted molar refractivity (Wildman–Crippen MR) is 107 cm³/mol. The van der Waals surface area contributed by atoms with Crippen LogP contribution in [0.1, 0.15) is 10.4 Å². The molecule has 1 aliphatic heterocycles. The van der Waals surface area contributed by atoms with Crippen LogP contribution in [0.5, 0.6) is 5.75 Å². The van der Waals surface area contributed by atoms with Gasteiger partial charge in [-0.15, -0.1) is 0 Å². The van der Waals surface area contributed by atoms with Gasteiger partial charge in [0.25, 0.3) is 5.91 Å². The van der Waals surface area contributed by atoms with E-state index in [1.165, 1.54) is 11.3 Å². The first kappa shape index (κ1) is 19.2. The van der Waals surface area contributed by atoms with E-state index in [1.807, 2.05) is 41.1 Å². The molecule has 0 saturated carbocycles. The number of carbonyl (C=O) groups is 2. The summed E-state index contributed by atoms with van der Waals surface area (Å²) < 4.78 is 5.27. The van der Waals surface area contributed by atoms with E-state index in [9.17, 15) is 9.59 Å². The molecule has 1 aromatic heterocycles. The van der Waals surface area contributed by atoms with Crippen molar-refractivity contribution < 1.29 is 14.3 Å². The molecular formula is C19H24N4O3S. The molecule has 27 heavy (non-hydrogen) atoms. The van der Waals surface area contributed by atoms with Gasteiger partial charge in [0.05, 0.1) is 12.8 Å². The van der Waals surface area contributed by atoms with Gasteiger partial charge < -0.3 is 20.3 Å². The molecule has 3 amide bonds. The van der Waals surface area contributed by atoms with Crippen molar-refractivity contribution in [3.05, 3.63) is 46.7 Å². The van der Waals surface area contributed by atoms with Crippen molar-refractivity contribution in [1.29, 1.82) is 0 Å². The number of rotatable bonds is 6. The summed E-state index contributed by atoms with van der Waals surface area (Å²) in [6.07, 6.45) is 0. The Balaban J connectivity index is 1.39. The number of piperazine rings is 1. The maximum absolute atomic E-state index is 12.5. The Labute approximate surface area is 162 Å². The van der Waals surface area contributed by atoms with E-state index >= 15 is 0 Å². The second-order valence-corrected chi connectivity index (χ2v) is 7.01. The number of nitrogens with zero attached hydrogens (tertiary/aromatic N) is 2. The Morgan fingerprint density at radius 2 is 1.93 bits per heavy atom. The van der Waals surface area contributed by atoms with Crippen LogP contribution in [-0.4, -0.2) is 68.1 Å². The maximum Gasteiger partial charge on any atom is 0.322 e. The van der Waals surface area contributed by atoms with Gasteiger partial charge in [0.15, 0.2) is 0 Å². The van der Waals surface area contributed by atoms with Crippen molar-refractivity contribution in [2.45, 2.75) is 0 Å². The molecule has 1 fully saturated rings. The molecule has 0 aliphatic carbocycles. The molecule has 3 rings (SSSR count). The fraction of sp³-hybridized carbons (Fsp3) is 0.368. The third-order valence-electron chi connectivity index (χ3n) is 4.51. The lowest BCUT2D eigenvalue weighted by atomic mass is 10.3. The zero-order chi connectivity index (χ0) is 19.1. The summed E-state index contributed by atoms with van der Waals surface area (Å²) >= 11 is 1.51. The molecule has 8 heteroatoms. The second-order valence-electron chi connectivity index (χ2n) is 6.23. The quantitative estimate of drug-likeness (QED) is 0.797. The summed E-state index contributed by atoms with van der Waals surface area (Å²) in [5.41, 5.74) is 1.38. The average molecular weight is 388 g/mol. The van der Waals surface area contributed by atoms with Crippen LogP contribution in [0.4, 0.5) is 10.5 Å². The Morgan fingerprint density at radius 1 is 1.15 bits per heavy atom. The number of thiophene rings is 1. The SMILES string of the molecule is COc1ccccc1NC(=O)N1CCN(CCNC(=O)c2ccsc2)CC1. The van der Waals surface area contributed by atoms with Crippen molar-refractivity contribution in [3.63, 3.8) is 0 Å². The first-order valence-electron chi connectivity index (χ1n) is 8.89. The summed E-state index contributed by atoms with van der Waals surface area (Å²) in [6, 6.07) is 9.07. The summed E-state index contributed by atoms with van der Waals surface area (Å²) in [7, 11) is 1.58. The van der Waals surface area contributed by atoms with Crippen LogP contribution >= 0.6 is 11.3 Å². The molecule has 0 spiro atoms. The van der Waals surface area contributed by atoms with Gasteiger partial charge in [-0.25, -0.2) is 4.79 Å². The molecule has 7 nitrogen and oxygen atoms in total. The molecule has 1 aromatic carbocycles. The van der Waals surface area contributed by atoms with E-state index < -0.39 is 0 Å². The molecule has 1 aliphatic rings. The zero-order valence-electron chi connectivity index (χ0n) is 15.3. The van der Waals surface area contributed by atoms with Crippen molar-refractivity contribution in [1.82, 2.24) is 15.1 Å². The number of urea groups is 1. The van der Waals surface area contributed by atoms with E-state index in [0.717, 1.165) is 19.6 Å². The highest BCUT2D eigenvalue weighted by Gasteiger charge is 2.21. The van der Waals surface area contributed by atoms with Gasteiger partial charge in [-0.1, -0.05) is 12.1 Å². The summed E-state index contributed by atoms with van der Waals surface area (Å²) in [5.74, 6) is 0.608. The zero-order valence-corrected chi connectivity index (χ0v) is 16.1. The molecule has 1 saturated heterocycles. The van der Waals surface area contributed by atoms with E-state index in [-0.39, 0.29) is 11.9 Å². The fourth-order valence-electron chi connectivity index (χ4n) is 2.94. The number of ether oxygens (including phenoxy) is 1. The third-order valence-corrected chi connectivity index (χ3v) is 5.19. The molecule has 2 heterocycles. The Kier molecular flexibility index (Phi) is 6.67. The lowest BCUT2D eigenvalue weighted by Gasteiger charge is -2.34. The van der Waals surface area contributed by atoms with Crippen LogP contribution in [0.15, 0.2) is 41.1 Å². The van der Waals surface area contributed by atoms with Crippen LogP contribution in [0, 0.1) is 0 Å². The minimum atomic E-state index is -0.120. The topological polar surface area (TPSA) is 73.9 Å². The van der Waals surface area contributed by atoms with Gasteiger partial charge in [-0.3, -0.25) is 9.69 Å². The van der Waals surface area contributed by atoms with Gasteiger partial charge in [0.1, 0.15) is 5.75 Å². The summed E-state index contributed by atoms with van der Waals surface area (Å²) in [6.45, 7) is 4.25. The molecule has 2 N–H and O–H groups in total. The highest BCUT2D eigenvalue weighted by molar-refractivity contribution is 7.08. The average Bonchev–Trinajstić information content (AvgIpc) is 3.24. The maximum atomic E-state index is 12.5. The van der Waals surface area contributed by atoms with E-state index in [2.05, 4.69) is 15.5 Å². The first-order valence-corrected chi connectivity index (χ1v) is 9.83. The summed E-state index contributed by atoms with van der Waals surface area (Å²) in [5, 5.41) is 9.57. The van der Waals surface area contributed by atoms with Crippen LogP contribution in [0.2, 0.25) is 0 Å². The Morgan fingerprint density at radius 3 is 2.63 bits per heavy atom. The second kappa shape index (κ2) is 9.38. The van der Waals surface area contributed by atoms with Crippen molar-refractivity contribution in [3.8, 4) is 5.75 Å². The number of nitrogens with one attached hydrogen (secondary N) is 2. The molecule has 0 bridgehead atoms. The molecule has 0 radical (unpaired) electrons. The number of para-hydroxylation sites is 2. The van der Waals surface area contributed by atoms with E-state index in [0.29, 0.717) is 36.6 Å². The van der Waals surface area contributed by atoms with Gasteiger partial charge in [-0.2, -0.15) is 11.3 Å². The van der Waals surface area contributed by atoms with Gasteiger partial charge >= 0.3 is 6.03 Å². The van der Waals surface area contributed by atoms with Gasteiger partial charge in [0, 0.05) is 50.2 Å².